The van der Waals surface area contributed by atoms with Crippen molar-refractivity contribution in [3.8, 4) is 0 Å². The lowest BCUT2D eigenvalue weighted by Crippen LogP contribution is -2.24. The maximum atomic E-state index is 13.6. The number of rotatable bonds is 9. The van der Waals surface area contributed by atoms with Crippen LogP contribution in [0.15, 0.2) is 23.1 Å². The van der Waals surface area contributed by atoms with E-state index >= 15 is 0 Å². The van der Waals surface area contributed by atoms with Crippen LogP contribution in [0.1, 0.15) is 17.3 Å². The highest BCUT2D eigenvalue weighted by atomic mass is 32.2. The van der Waals surface area contributed by atoms with E-state index in [0.29, 0.717) is 6.61 Å². The van der Waals surface area contributed by atoms with Crippen molar-refractivity contribution >= 4 is 17.7 Å². The van der Waals surface area contributed by atoms with Gasteiger partial charge in [0.1, 0.15) is 5.82 Å². The molecule has 2 atom stereocenters. The van der Waals surface area contributed by atoms with E-state index in [9.17, 15) is 14.3 Å². The largest absolute Gasteiger partial charge is 0.478 e. The molecule has 2 N–H and O–H groups in total. The minimum Gasteiger partial charge on any atom is -0.478 e. The molecule has 0 heterocycles. The molecule has 0 saturated heterocycles. The Morgan fingerprint density at radius 1 is 1.43 bits per heavy atom. The Morgan fingerprint density at radius 2 is 2.14 bits per heavy atom. The van der Waals surface area contributed by atoms with Crippen LogP contribution in [0.3, 0.4) is 0 Å². The van der Waals surface area contributed by atoms with Crippen molar-refractivity contribution in [2.45, 2.75) is 24.0 Å². The molecule has 0 aliphatic rings. The summed E-state index contributed by atoms with van der Waals surface area (Å²) >= 11 is 1.05. The predicted molar refractivity (Wildman–Crippen MR) is 77.4 cm³/mol. The number of methoxy groups -OCH3 is 1. The fourth-order valence-electron chi connectivity index (χ4n) is 1.54. The smallest absolute Gasteiger partial charge is 0.335 e. The monoisotopic (exact) mass is 318 g/mol. The van der Waals surface area contributed by atoms with Crippen molar-refractivity contribution in [1.29, 1.82) is 0 Å². The van der Waals surface area contributed by atoms with E-state index in [0.717, 1.165) is 17.8 Å². The lowest BCUT2D eigenvalue weighted by atomic mass is 10.2. The number of aromatic carboxylic acids is 1. The molecule has 1 aromatic rings. The molecule has 5 nitrogen and oxygen atoms in total. The number of hydrogen-bond acceptors (Lipinski definition) is 5. The van der Waals surface area contributed by atoms with Gasteiger partial charge < -0.3 is 19.7 Å². The SMILES string of the molecule is COCC(C)OCC(O)CSc1cc(C(=O)O)ccc1F. The fourth-order valence-corrected chi connectivity index (χ4v) is 2.42. The molecule has 1 rings (SSSR count). The van der Waals surface area contributed by atoms with E-state index in [-0.39, 0.29) is 28.9 Å². The molecular weight excluding hydrogens is 299 g/mol. The van der Waals surface area contributed by atoms with Gasteiger partial charge in [0.05, 0.1) is 31.0 Å². The topological polar surface area (TPSA) is 76.0 Å². The number of aliphatic hydroxyl groups excluding tert-OH is 1. The highest BCUT2D eigenvalue weighted by Gasteiger charge is 2.12. The van der Waals surface area contributed by atoms with Crippen LogP contribution in [0.4, 0.5) is 4.39 Å². The van der Waals surface area contributed by atoms with Crippen molar-refractivity contribution in [3.05, 3.63) is 29.6 Å². The molecule has 0 aliphatic heterocycles. The zero-order valence-electron chi connectivity index (χ0n) is 11.9. The maximum absolute atomic E-state index is 13.6. The molecule has 1 aromatic carbocycles. The van der Waals surface area contributed by atoms with Crippen molar-refractivity contribution in [2.75, 3.05) is 26.1 Å². The van der Waals surface area contributed by atoms with Crippen LogP contribution in [0.2, 0.25) is 0 Å². The van der Waals surface area contributed by atoms with E-state index in [1.165, 1.54) is 12.1 Å². The zero-order chi connectivity index (χ0) is 15.8. The quantitative estimate of drug-likeness (QED) is 0.679. The Kier molecular flexibility index (Phi) is 7.66. The number of carbonyl (C=O) groups is 1. The number of carboxylic acids is 1. The van der Waals surface area contributed by atoms with Crippen LogP contribution in [0.5, 0.6) is 0 Å². The zero-order valence-corrected chi connectivity index (χ0v) is 12.7. The summed E-state index contributed by atoms with van der Waals surface area (Å²) in [5, 5.41) is 18.6. The number of thioether (sulfide) groups is 1. The van der Waals surface area contributed by atoms with Gasteiger partial charge in [-0.3, -0.25) is 0 Å². The molecule has 0 spiro atoms. The first-order valence-corrected chi connectivity index (χ1v) is 7.36. The van der Waals surface area contributed by atoms with Crippen LogP contribution in [0.25, 0.3) is 0 Å². The molecular formula is C14H19FO5S. The summed E-state index contributed by atoms with van der Waals surface area (Å²) in [5.41, 5.74) is 0.0124. The number of carboxylic acid groups (broad SMARTS) is 1. The van der Waals surface area contributed by atoms with E-state index in [1.807, 2.05) is 6.92 Å². The Labute approximate surface area is 127 Å². The van der Waals surface area contributed by atoms with Gasteiger partial charge in [0.25, 0.3) is 0 Å². The molecule has 2 unspecified atom stereocenters. The summed E-state index contributed by atoms with van der Waals surface area (Å²) < 4.78 is 23.8. The highest BCUT2D eigenvalue weighted by molar-refractivity contribution is 7.99. The second-order valence-corrected chi connectivity index (χ2v) is 5.58. The molecule has 21 heavy (non-hydrogen) atoms. The molecule has 0 saturated carbocycles. The molecule has 0 aliphatic carbocycles. The van der Waals surface area contributed by atoms with E-state index in [1.54, 1.807) is 7.11 Å². The summed E-state index contributed by atoms with van der Waals surface area (Å²) in [6, 6.07) is 3.56. The number of ether oxygens (including phenoxy) is 2. The van der Waals surface area contributed by atoms with Crippen LogP contribution in [-0.4, -0.2) is 54.5 Å². The first-order chi connectivity index (χ1) is 9.93. The summed E-state index contributed by atoms with van der Waals surface area (Å²) in [6.07, 6.45) is -0.913. The number of hydrogen-bond donors (Lipinski definition) is 2. The van der Waals surface area contributed by atoms with E-state index in [2.05, 4.69) is 0 Å². The van der Waals surface area contributed by atoms with Gasteiger partial charge in [-0.15, -0.1) is 11.8 Å². The van der Waals surface area contributed by atoms with Gasteiger partial charge >= 0.3 is 5.97 Å². The Balaban J connectivity index is 2.47. The molecule has 0 aromatic heterocycles. The second kappa shape index (κ2) is 8.99. The Bertz CT molecular complexity index is 469. The first kappa shape index (κ1) is 17.9. The molecule has 0 radical (unpaired) electrons. The third-order valence-electron chi connectivity index (χ3n) is 2.58. The third kappa shape index (κ3) is 6.43. The van der Waals surface area contributed by atoms with Crippen molar-refractivity contribution < 1.29 is 28.9 Å². The maximum Gasteiger partial charge on any atom is 0.335 e. The van der Waals surface area contributed by atoms with E-state index < -0.39 is 17.9 Å². The minimum atomic E-state index is -1.12. The van der Waals surface area contributed by atoms with Gasteiger partial charge in [-0.05, 0) is 25.1 Å². The number of halogens is 1. The second-order valence-electron chi connectivity index (χ2n) is 4.51. The van der Waals surface area contributed by atoms with Gasteiger partial charge in [0.2, 0.25) is 0 Å². The van der Waals surface area contributed by atoms with Crippen LogP contribution < -0.4 is 0 Å². The average molecular weight is 318 g/mol. The average Bonchev–Trinajstić information content (AvgIpc) is 2.44. The highest BCUT2D eigenvalue weighted by Crippen LogP contribution is 2.24. The van der Waals surface area contributed by atoms with Crippen molar-refractivity contribution in [3.63, 3.8) is 0 Å². The number of benzene rings is 1. The van der Waals surface area contributed by atoms with Gasteiger partial charge in [0.15, 0.2) is 0 Å². The molecule has 7 heteroatoms. The predicted octanol–water partition coefficient (Wildman–Crippen LogP) is 2.03. The molecule has 0 fully saturated rings. The normalized spacial score (nSPS) is 13.9. The minimum absolute atomic E-state index is 0.0124. The van der Waals surface area contributed by atoms with Crippen molar-refractivity contribution in [1.82, 2.24) is 0 Å². The van der Waals surface area contributed by atoms with Crippen molar-refractivity contribution in [2.24, 2.45) is 0 Å². The van der Waals surface area contributed by atoms with Gasteiger partial charge in [-0.25, -0.2) is 9.18 Å². The Hall–Kier alpha value is -1.15. The standard InChI is InChI=1S/C14H19FO5S/c1-9(6-19-2)20-7-11(16)8-21-13-5-10(14(17)18)3-4-12(13)15/h3-5,9,11,16H,6-8H2,1-2H3,(H,17,18). The summed E-state index contributed by atoms with van der Waals surface area (Å²) in [5.74, 6) is -1.42. The van der Waals surface area contributed by atoms with Gasteiger partial charge in [-0.2, -0.15) is 0 Å². The molecule has 0 amide bonds. The molecule has 0 bridgehead atoms. The van der Waals surface area contributed by atoms with Crippen LogP contribution in [-0.2, 0) is 9.47 Å². The summed E-state index contributed by atoms with van der Waals surface area (Å²) in [6.45, 7) is 2.35. The first-order valence-electron chi connectivity index (χ1n) is 6.38. The van der Waals surface area contributed by atoms with Gasteiger partial charge in [0, 0.05) is 17.8 Å². The van der Waals surface area contributed by atoms with Crippen LogP contribution in [0, 0.1) is 5.82 Å². The summed E-state index contributed by atoms with van der Waals surface area (Å²) in [4.78, 5) is 11.0. The fraction of sp³-hybridized carbons (Fsp3) is 0.500. The third-order valence-corrected chi connectivity index (χ3v) is 3.76. The Morgan fingerprint density at radius 3 is 2.76 bits per heavy atom. The number of aliphatic hydroxyl groups is 1. The van der Waals surface area contributed by atoms with Gasteiger partial charge in [-0.1, -0.05) is 0 Å². The van der Waals surface area contributed by atoms with E-state index in [4.69, 9.17) is 14.6 Å². The van der Waals surface area contributed by atoms with Crippen LogP contribution >= 0.6 is 11.8 Å². The summed E-state index contributed by atoms with van der Waals surface area (Å²) in [7, 11) is 1.56. The lowest BCUT2D eigenvalue weighted by Gasteiger charge is -2.15. The lowest BCUT2D eigenvalue weighted by molar-refractivity contribution is -0.0257. The molecule has 118 valence electrons.